The number of rotatable bonds is 4. The minimum absolute atomic E-state index is 0. The summed E-state index contributed by atoms with van der Waals surface area (Å²) < 4.78 is 0. The first kappa shape index (κ1) is 21.0. The van der Waals surface area contributed by atoms with Crippen LogP contribution in [0.1, 0.15) is 0 Å². The number of hydrogen-bond acceptors (Lipinski definition) is 8. The molecule has 8 nitrogen and oxygen atoms in total. The molecule has 0 bridgehead atoms. The Bertz CT molecular complexity index is 277. The molecule has 0 amide bonds. The van der Waals surface area contributed by atoms with Gasteiger partial charge in [-0.2, -0.15) is 0 Å². The van der Waals surface area contributed by atoms with Gasteiger partial charge in [0.05, 0.1) is 23.9 Å². The molecular formula is C8H4CaO8-4. The third kappa shape index (κ3) is 31.3. The molecule has 0 aromatic rings. The molecule has 0 N–H and O–H groups in total. The number of carboxylic acid groups (broad SMARTS) is 4. The third-order valence-electron chi connectivity index (χ3n) is 0.711. The van der Waals surface area contributed by atoms with Gasteiger partial charge in [-0.3, -0.25) is 0 Å². The van der Waals surface area contributed by atoms with Crippen molar-refractivity contribution in [2.24, 2.45) is 0 Å². The Morgan fingerprint density at radius 2 is 0.647 bits per heavy atom. The van der Waals surface area contributed by atoms with E-state index in [1.54, 1.807) is 0 Å². The average Bonchev–Trinajstić information content (AvgIpc) is 2.12. The number of carbonyl (C=O) groups is 4. The van der Waals surface area contributed by atoms with Gasteiger partial charge in [0.25, 0.3) is 0 Å². The SMILES string of the molecule is O=C([O-])/C=C/C(=O)[O-].O=C([O-])/C=C/C(=O)[O-].[Ca]. The molecule has 0 rings (SSSR count). The van der Waals surface area contributed by atoms with E-state index in [2.05, 4.69) is 0 Å². The maximum absolute atomic E-state index is 9.41. The van der Waals surface area contributed by atoms with Crippen LogP contribution in [0.2, 0.25) is 0 Å². The zero-order chi connectivity index (χ0) is 13.1. The fourth-order valence-corrected chi connectivity index (χ4v) is 0.272. The van der Waals surface area contributed by atoms with E-state index < -0.39 is 23.9 Å². The smallest absolute Gasteiger partial charge is 0.0643 e. The Labute approximate surface area is 125 Å². The van der Waals surface area contributed by atoms with Gasteiger partial charge in [-0.15, -0.1) is 0 Å². The normalized spacial score (nSPS) is 8.94. The fourth-order valence-electron chi connectivity index (χ4n) is 0.272. The summed E-state index contributed by atoms with van der Waals surface area (Å²) >= 11 is 0. The van der Waals surface area contributed by atoms with Gasteiger partial charge in [0.2, 0.25) is 0 Å². The quantitative estimate of drug-likeness (QED) is 0.359. The fraction of sp³-hybridized carbons (Fsp3) is 0. The summed E-state index contributed by atoms with van der Waals surface area (Å²) in [5.41, 5.74) is 0. The van der Waals surface area contributed by atoms with Crippen molar-refractivity contribution in [1.29, 1.82) is 0 Å². The van der Waals surface area contributed by atoms with Gasteiger partial charge in [0.1, 0.15) is 0 Å². The van der Waals surface area contributed by atoms with E-state index in [4.69, 9.17) is 0 Å². The van der Waals surface area contributed by atoms with Gasteiger partial charge in [-0.25, -0.2) is 0 Å². The molecule has 17 heavy (non-hydrogen) atoms. The van der Waals surface area contributed by atoms with Gasteiger partial charge in [-0.1, -0.05) is 0 Å². The minimum atomic E-state index is -1.55. The van der Waals surface area contributed by atoms with E-state index in [0.717, 1.165) is 0 Å². The molecule has 0 atom stereocenters. The molecule has 0 fully saturated rings. The largest absolute Gasteiger partial charge is 0.545 e. The molecule has 0 aromatic carbocycles. The minimum Gasteiger partial charge on any atom is -0.545 e. The number of carbonyl (C=O) groups excluding carboxylic acids is 4. The predicted molar refractivity (Wildman–Crippen MR) is 44.1 cm³/mol. The second-order valence-corrected chi connectivity index (χ2v) is 1.94. The molecule has 9 heteroatoms. The van der Waals surface area contributed by atoms with Gasteiger partial charge >= 0.3 is 0 Å². The first-order valence-electron chi connectivity index (χ1n) is 3.45. The van der Waals surface area contributed by atoms with Crippen molar-refractivity contribution in [2.45, 2.75) is 0 Å². The van der Waals surface area contributed by atoms with Crippen LogP contribution in [0.5, 0.6) is 0 Å². The predicted octanol–water partition coefficient (Wildman–Crippen LogP) is -6.30. The Morgan fingerprint density at radius 1 is 0.529 bits per heavy atom. The second kappa shape index (κ2) is 12.7. The van der Waals surface area contributed by atoms with Crippen LogP contribution in [0.4, 0.5) is 0 Å². The molecule has 0 saturated carbocycles. The van der Waals surface area contributed by atoms with Crippen molar-refractivity contribution in [3.8, 4) is 0 Å². The zero-order valence-corrected chi connectivity index (χ0v) is 10.5. The van der Waals surface area contributed by atoms with Crippen molar-refractivity contribution in [1.82, 2.24) is 0 Å². The second-order valence-electron chi connectivity index (χ2n) is 1.94. The molecule has 0 aliphatic heterocycles. The first-order chi connectivity index (χ1) is 7.25. The molecular weight excluding hydrogens is 264 g/mol. The molecule has 90 valence electrons. The number of aliphatic carboxylic acids is 4. The maximum atomic E-state index is 9.41. The molecule has 0 saturated heterocycles. The Morgan fingerprint density at radius 3 is 0.706 bits per heavy atom. The first-order valence-corrected chi connectivity index (χ1v) is 3.45. The molecule has 0 unspecified atom stereocenters. The van der Waals surface area contributed by atoms with E-state index in [1.807, 2.05) is 0 Å². The van der Waals surface area contributed by atoms with Crippen molar-refractivity contribution >= 4 is 61.6 Å². The third-order valence-corrected chi connectivity index (χ3v) is 0.711. The van der Waals surface area contributed by atoms with Crippen LogP contribution >= 0.6 is 0 Å². The maximum Gasteiger partial charge on any atom is 0.0643 e. The van der Waals surface area contributed by atoms with Crippen LogP contribution < -0.4 is 20.4 Å². The molecule has 0 aliphatic rings. The zero-order valence-electron chi connectivity index (χ0n) is 8.28. The summed E-state index contributed by atoms with van der Waals surface area (Å²) in [5, 5.41) is 37.7. The average molecular weight is 268 g/mol. The van der Waals surface area contributed by atoms with Crippen LogP contribution in [0, 0.1) is 0 Å². The number of carboxylic acids is 4. The summed E-state index contributed by atoms with van der Waals surface area (Å²) in [4.78, 5) is 37.7. The molecule has 2 radical (unpaired) electrons. The summed E-state index contributed by atoms with van der Waals surface area (Å²) in [6.07, 6.45) is 1.54. The summed E-state index contributed by atoms with van der Waals surface area (Å²) in [6.45, 7) is 0. The summed E-state index contributed by atoms with van der Waals surface area (Å²) in [6, 6.07) is 0. The number of hydrogen-bond donors (Lipinski definition) is 0. The summed E-state index contributed by atoms with van der Waals surface area (Å²) in [7, 11) is 0. The van der Waals surface area contributed by atoms with Gasteiger partial charge in [-0.05, 0) is 24.3 Å². The van der Waals surface area contributed by atoms with E-state index >= 15 is 0 Å². The Kier molecular flexibility index (Phi) is 15.6. The van der Waals surface area contributed by atoms with E-state index in [-0.39, 0.29) is 37.7 Å². The van der Waals surface area contributed by atoms with Crippen LogP contribution in [-0.2, 0) is 19.2 Å². The van der Waals surface area contributed by atoms with Crippen LogP contribution in [-0.4, -0.2) is 61.6 Å². The molecule has 0 aromatic heterocycles. The van der Waals surface area contributed by atoms with Gasteiger partial charge in [0, 0.05) is 37.7 Å². The van der Waals surface area contributed by atoms with E-state index in [9.17, 15) is 39.6 Å². The summed E-state index contributed by atoms with van der Waals surface area (Å²) in [5.74, 6) is -6.19. The Hall–Kier alpha value is -1.38. The molecule has 0 aliphatic carbocycles. The van der Waals surface area contributed by atoms with Crippen molar-refractivity contribution < 1.29 is 39.6 Å². The van der Waals surface area contributed by atoms with Crippen LogP contribution in [0.15, 0.2) is 24.3 Å². The van der Waals surface area contributed by atoms with Crippen molar-refractivity contribution in [3.05, 3.63) is 24.3 Å². The topological polar surface area (TPSA) is 161 Å². The van der Waals surface area contributed by atoms with Crippen molar-refractivity contribution in [2.75, 3.05) is 0 Å². The van der Waals surface area contributed by atoms with Crippen molar-refractivity contribution in [3.63, 3.8) is 0 Å². The van der Waals surface area contributed by atoms with E-state index in [1.165, 1.54) is 0 Å². The molecule has 0 heterocycles. The van der Waals surface area contributed by atoms with Gasteiger partial charge in [0.15, 0.2) is 0 Å². The standard InChI is InChI=1S/2C4H4O4.Ca/c2*5-3(6)1-2-4(7)8;/h2*1-2H,(H,5,6)(H,7,8);/p-4/b2*2-1+;. The van der Waals surface area contributed by atoms with E-state index in [0.29, 0.717) is 24.3 Å². The molecule has 0 spiro atoms. The van der Waals surface area contributed by atoms with Crippen LogP contribution in [0.25, 0.3) is 0 Å². The monoisotopic (exact) mass is 268 g/mol. The van der Waals surface area contributed by atoms with Crippen LogP contribution in [0.3, 0.4) is 0 Å². The van der Waals surface area contributed by atoms with Gasteiger partial charge < -0.3 is 39.6 Å². The Balaban J connectivity index is -0.000000218.